The van der Waals surface area contributed by atoms with Gasteiger partial charge in [0.05, 0.1) is 16.5 Å². The van der Waals surface area contributed by atoms with E-state index < -0.39 is 5.41 Å². The second-order valence-electron chi connectivity index (χ2n) is 16.8. The van der Waals surface area contributed by atoms with Gasteiger partial charge in [0.1, 0.15) is 22.3 Å². The molecule has 3 heteroatoms. The maximum atomic E-state index is 7.29. The molecule has 0 bridgehead atoms. The van der Waals surface area contributed by atoms with Crippen LogP contribution in [-0.4, -0.2) is 0 Å². The summed E-state index contributed by atoms with van der Waals surface area (Å²) < 4.78 is 14.3. The van der Waals surface area contributed by atoms with Gasteiger partial charge in [0, 0.05) is 38.7 Å². The maximum absolute atomic E-state index is 7.29. The number of furan rings is 2. The fourth-order valence-electron chi connectivity index (χ4n) is 10.7. The van der Waals surface area contributed by atoms with E-state index in [1.165, 1.54) is 44.2 Å². The first kappa shape index (κ1) is 35.6. The van der Waals surface area contributed by atoms with Crippen LogP contribution >= 0.6 is 0 Å². The van der Waals surface area contributed by atoms with Gasteiger partial charge in [-0.1, -0.05) is 176 Å². The van der Waals surface area contributed by atoms with Crippen LogP contribution in [0.15, 0.2) is 227 Å². The molecule has 0 atom stereocenters. The smallest absolute Gasteiger partial charge is 0.145 e. The summed E-state index contributed by atoms with van der Waals surface area (Å²) in [6.45, 7) is 2.21. The lowest BCUT2D eigenvalue weighted by molar-refractivity contribution is 0.665. The van der Waals surface area contributed by atoms with Crippen LogP contribution in [0.4, 0.5) is 17.1 Å². The molecular formula is C60H39NO2. The number of para-hydroxylation sites is 3. The molecule has 0 saturated heterocycles. The summed E-state index contributed by atoms with van der Waals surface area (Å²) in [7, 11) is 0. The Morgan fingerprint density at radius 3 is 1.73 bits per heavy atom. The van der Waals surface area contributed by atoms with Crippen molar-refractivity contribution in [3.8, 4) is 22.3 Å². The van der Waals surface area contributed by atoms with Crippen LogP contribution in [0.25, 0.3) is 76.9 Å². The number of hydrogen-bond acceptors (Lipinski definition) is 3. The quantitative estimate of drug-likeness (QED) is 0.168. The fraction of sp³-hybridized carbons (Fsp3) is 0.0333. The number of benzene rings is 10. The Kier molecular flexibility index (Phi) is 7.73. The molecular weight excluding hydrogens is 767 g/mol. The summed E-state index contributed by atoms with van der Waals surface area (Å²) >= 11 is 0. The standard InChI is InChI=1S/C60H39NO2/c1-38-17-11-14-26-51(38)61(45-32-31-41-35-40(29-30-42(41)36-45)39-18-5-2-6-19-39)52-37-50-57(59-55(52)48-25-13-16-28-54(48)63-59)56-49(34-33-47-46-24-12-15-27-53(46)62-58(47)56)60(50,43-20-7-3-8-21-43)44-22-9-4-10-23-44/h2-37H,1H3. The molecule has 0 N–H and O–H groups in total. The van der Waals surface area contributed by atoms with Gasteiger partial charge in [0.15, 0.2) is 0 Å². The van der Waals surface area contributed by atoms with Crippen LogP contribution in [0.2, 0.25) is 0 Å². The van der Waals surface area contributed by atoms with Gasteiger partial charge < -0.3 is 13.7 Å². The Labute approximate surface area is 364 Å². The molecule has 0 unspecified atom stereocenters. The van der Waals surface area contributed by atoms with Gasteiger partial charge in [-0.2, -0.15) is 0 Å². The van der Waals surface area contributed by atoms with E-state index in [4.69, 9.17) is 8.83 Å². The lowest BCUT2D eigenvalue weighted by Crippen LogP contribution is -2.28. The monoisotopic (exact) mass is 805 g/mol. The molecule has 1 aliphatic carbocycles. The molecule has 0 fully saturated rings. The van der Waals surface area contributed by atoms with Gasteiger partial charge in [0.2, 0.25) is 0 Å². The summed E-state index contributed by atoms with van der Waals surface area (Å²) in [6, 6.07) is 79.0. The van der Waals surface area contributed by atoms with E-state index in [2.05, 4.69) is 230 Å². The summed E-state index contributed by atoms with van der Waals surface area (Å²) in [4.78, 5) is 2.46. The Hall–Kier alpha value is -8.14. The van der Waals surface area contributed by atoms with Crippen LogP contribution in [0, 0.1) is 6.92 Å². The second-order valence-corrected chi connectivity index (χ2v) is 16.8. The van der Waals surface area contributed by atoms with E-state index >= 15 is 0 Å². The van der Waals surface area contributed by atoms with Crippen LogP contribution in [0.5, 0.6) is 0 Å². The third-order valence-electron chi connectivity index (χ3n) is 13.4. The SMILES string of the molecule is Cc1ccccc1N(c1ccc2cc(-c3ccccc3)ccc2c1)c1cc2c(c3oc4ccccc4c13)-c1c(ccc3c1oc1ccccc13)C2(c1ccccc1)c1ccccc1. The van der Waals surface area contributed by atoms with Gasteiger partial charge in [0.25, 0.3) is 0 Å². The highest BCUT2D eigenvalue weighted by Crippen LogP contribution is 2.62. The van der Waals surface area contributed by atoms with E-state index in [1.54, 1.807) is 0 Å². The molecule has 63 heavy (non-hydrogen) atoms. The highest BCUT2D eigenvalue weighted by atomic mass is 16.3. The summed E-state index contributed by atoms with van der Waals surface area (Å²) in [5.74, 6) is 0. The summed E-state index contributed by atoms with van der Waals surface area (Å²) in [5, 5.41) is 6.67. The third kappa shape index (κ3) is 5.14. The maximum Gasteiger partial charge on any atom is 0.145 e. The topological polar surface area (TPSA) is 29.5 Å². The molecule has 1 aliphatic rings. The van der Waals surface area contributed by atoms with Crippen molar-refractivity contribution >= 4 is 71.7 Å². The number of nitrogens with zero attached hydrogens (tertiary/aromatic N) is 1. The number of rotatable bonds is 6. The van der Waals surface area contributed by atoms with Crippen molar-refractivity contribution in [2.24, 2.45) is 0 Å². The van der Waals surface area contributed by atoms with E-state index in [1.807, 2.05) is 0 Å². The average Bonchev–Trinajstić information content (AvgIpc) is 4.02. The Balaban J connectivity index is 1.19. The van der Waals surface area contributed by atoms with E-state index in [-0.39, 0.29) is 0 Å². The van der Waals surface area contributed by atoms with Crippen LogP contribution in [-0.2, 0) is 5.41 Å². The Morgan fingerprint density at radius 1 is 0.397 bits per heavy atom. The van der Waals surface area contributed by atoms with Crippen molar-refractivity contribution in [1.29, 1.82) is 0 Å². The van der Waals surface area contributed by atoms with Crippen molar-refractivity contribution in [1.82, 2.24) is 0 Å². The Morgan fingerprint density at radius 2 is 0.984 bits per heavy atom. The van der Waals surface area contributed by atoms with Crippen molar-refractivity contribution in [3.05, 3.63) is 246 Å². The fourth-order valence-corrected chi connectivity index (χ4v) is 10.7. The first-order valence-electron chi connectivity index (χ1n) is 21.7. The van der Waals surface area contributed by atoms with Gasteiger partial charge in [-0.25, -0.2) is 0 Å². The number of fused-ring (bicyclic) bond motifs is 12. The zero-order valence-corrected chi connectivity index (χ0v) is 34.5. The van der Waals surface area contributed by atoms with E-state index in [0.717, 1.165) is 77.6 Å². The highest BCUT2D eigenvalue weighted by Gasteiger charge is 2.49. The molecule has 12 aromatic rings. The second kappa shape index (κ2) is 13.7. The first-order valence-corrected chi connectivity index (χ1v) is 21.7. The average molecular weight is 806 g/mol. The van der Waals surface area contributed by atoms with Crippen molar-refractivity contribution in [2.75, 3.05) is 4.90 Å². The zero-order valence-electron chi connectivity index (χ0n) is 34.5. The lowest BCUT2D eigenvalue weighted by atomic mass is 9.67. The van der Waals surface area contributed by atoms with E-state index in [9.17, 15) is 0 Å². The summed E-state index contributed by atoms with van der Waals surface area (Å²) in [6.07, 6.45) is 0. The van der Waals surface area contributed by atoms with Gasteiger partial charge in [-0.15, -0.1) is 0 Å². The zero-order chi connectivity index (χ0) is 41.6. The number of aryl methyl sites for hydroxylation is 1. The molecule has 3 nitrogen and oxygen atoms in total. The minimum absolute atomic E-state index is 0.725. The van der Waals surface area contributed by atoms with Crippen molar-refractivity contribution < 1.29 is 8.83 Å². The minimum atomic E-state index is -0.725. The van der Waals surface area contributed by atoms with Crippen molar-refractivity contribution in [3.63, 3.8) is 0 Å². The molecule has 0 radical (unpaired) electrons. The molecule has 0 spiro atoms. The van der Waals surface area contributed by atoms with Crippen molar-refractivity contribution in [2.45, 2.75) is 12.3 Å². The normalized spacial score (nSPS) is 13.0. The van der Waals surface area contributed by atoms with Gasteiger partial charge >= 0.3 is 0 Å². The predicted octanol–water partition coefficient (Wildman–Crippen LogP) is 16.4. The first-order chi connectivity index (χ1) is 31.2. The third-order valence-corrected chi connectivity index (χ3v) is 13.4. The summed E-state index contributed by atoms with van der Waals surface area (Å²) in [5.41, 5.74) is 16.3. The molecule has 10 aromatic carbocycles. The number of anilines is 3. The van der Waals surface area contributed by atoms with Gasteiger partial charge in [-0.05, 0) is 99.1 Å². The lowest BCUT2D eigenvalue weighted by Gasteiger charge is -2.35. The molecule has 0 saturated carbocycles. The molecule has 2 heterocycles. The van der Waals surface area contributed by atoms with Crippen LogP contribution < -0.4 is 4.90 Å². The minimum Gasteiger partial charge on any atom is -0.455 e. The number of hydrogen-bond donors (Lipinski definition) is 0. The predicted molar refractivity (Wildman–Crippen MR) is 261 cm³/mol. The molecule has 296 valence electrons. The van der Waals surface area contributed by atoms with Crippen LogP contribution in [0.3, 0.4) is 0 Å². The molecule has 13 rings (SSSR count). The molecule has 0 aliphatic heterocycles. The Bertz CT molecular complexity index is 3710. The molecule has 2 aromatic heterocycles. The largest absolute Gasteiger partial charge is 0.455 e. The van der Waals surface area contributed by atoms with Crippen LogP contribution in [0.1, 0.15) is 27.8 Å². The molecule has 0 amide bonds. The highest BCUT2D eigenvalue weighted by molar-refractivity contribution is 6.22. The van der Waals surface area contributed by atoms with E-state index in [0.29, 0.717) is 0 Å². The van der Waals surface area contributed by atoms with Gasteiger partial charge in [-0.3, -0.25) is 0 Å².